The summed E-state index contributed by atoms with van der Waals surface area (Å²) < 4.78 is 5.21. The van der Waals surface area contributed by atoms with Gasteiger partial charge in [-0.2, -0.15) is 0 Å². The van der Waals surface area contributed by atoms with Gasteiger partial charge in [-0.25, -0.2) is 0 Å². The van der Waals surface area contributed by atoms with Crippen molar-refractivity contribution in [3.8, 4) is 11.5 Å². The van der Waals surface area contributed by atoms with Crippen LogP contribution in [0, 0.1) is 6.92 Å². The van der Waals surface area contributed by atoms with Crippen LogP contribution >= 0.6 is 0 Å². The smallest absolute Gasteiger partial charge is 0.295 e. The van der Waals surface area contributed by atoms with Gasteiger partial charge in [-0.05, 0) is 48.4 Å². The Morgan fingerprint density at radius 2 is 1.80 bits per heavy atom. The molecule has 30 heavy (non-hydrogen) atoms. The minimum absolute atomic E-state index is 0.0488. The molecule has 1 heterocycles. The molecule has 158 valence electrons. The number of ether oxygens (including phenoxy) is 1. The highest BCUT2D eigenvalue weighted by Crippen LogP contribution is 2.40. The molecule has 1 aliphatic heterocycles. The SMILES string of the molecule is COc1ccc(C(O)=C2C(=O)C(=O)N(CC[NH+](C)C)C2c2ccc(O)cc2)c(C)c1. The third kappa shape index (κ3) is 4.02. The molecule has 1 saturated heterocycles. The second-order valence-electron chi connectivity index (χ2n) is 7.72. The summed E-state index contributed by atoms with van der Waals surface area (Å²) in [6.07, 6.45) is 0. The number of hydrogen-bond donors (Lipinski definition) is 3. The lowest BCUT2D eigenvalue weighted by atomic mass is 9.94. The predicted molar refractivity (Wildman–Crippen MR) is 113 cm³/mol. The van der Waals surface area contributed by atoms with Crippen molar-refractivity contribution in [1.29, 1.82) is 0 Å². The number of hydrogen-bond acceptors (Lipinski definition) is 5. The number of aromatic hydroxyl groups is 1. The highest BCUT2D eigenvalue weighted by Gasteiger charge is 2.46. The van der Waals surface area contributed by atoms with Crippen LogP contribution in [0.3, 0.4) is 0 Å². The van der Waals surface area contributed by atoms with Gasteiger partial charge in [-0.15, -0.1) is 0 Å². The van der Waals surface area contributed by atoms with E-state index in [4.69, 9.17) is 4.74 Å². The molecular formula is C23H27N2O5+. The molecular weight excluding hydrogens is 384 g/mol. The second kappa shape index (κ2) is 8.59. The molecule has 7 heteroatoms. The zero-order chi connectivity index (χ0) is 22.0. The molecule has 0 radical (unpaired) electrons. The van der Waals surface area contributed by atoms with Gasteiger partial charge < -0.3 is 24.7 Å². The van der Waals surface area contributed by atoms with Crippen LogP contribution in [0.1, 0.15) is 22.7 Å². The molecule has 0 aromatic heterocycles. The molecule has 1 amide bonds. The van der Waals surface area contributed by atoms with Gasteiger partial charge in [-0.3, -0.25) is 9.59 Å². The number of phenolic OH excluding ortho intramolecular Hbond substituents is 1. The molecule has 1 aliphatic rings. The first-order chi connectivity index (χ1) is 14.2. The fourth-order valence-electron chi connectivity index (χ4n) is 3.63. The van der Waals surface area contributed by atoms with Crippen molar-refractivity contribution in [2.45, 2.75) is 13.0 Å². The van der Waals surface area contributed by atoms with Crippen molar-refractivity contribution in [3.05, 3.63) is 64.7 Å². The molecule has 0 saturated carbocycles. The number of ketones is 1. The summed E-state index contributed by atoms with van der Waals surface area (Å²) in [5, 5.41) is 20.8. The fraction of sp³-hybridized carbons (Fsp3) is 0.304. The van der Waals surface area contributed by atoms with Crippen LogP contribution in [-0.4, -0.2) is 61.1 Å². The molecule has 1 fully saturated rings. The van der Waals surface area contributed by atoms with Gasteiger partial charge in [0.15, 0.2) is 0 Å². The maximum absolute atomic E-state index is 13.0. The van der Waals surface area contributed by atoms with Gasteiger partial charge in [0, 0.05) is 5.56 Å². The summed E-state index contributed by atoms with van der Waals surface area (Å²) in [6.45, 7) is 2.80. The number of aryl methyl sites for hydroxylation is 1. The summed E-state index contributed by atoms with van der Waals surface area (Å²) in [5.41, 5.74) is 1.89. The maximum atomic E-state index is 13.0. The predicted octanol–water partition coefficient (Wildman–Crippen LogP) is 1.28. The number of quaternary nitrogens is 1. The number of aliphatic hydroxyl groups excluding tert-OH is 1. The number of benzene rings is 2. The topological polar surface area (TPSA) is 91.5 Å². The van der Waals surface area contributed by atoms with Crippen molar-refractivity contribution in [2.75, 3.05) is 34.3 Å². The molecule has 2 aromatic carbocycles. The second-order valence-corrected chi connectivity index (χ2v) is 7.72. The van der Waals surface area contributed by atoms with E-state index in [1.165, 1.54) is 17.0 Å². The molecule has 1 atom stereocenters. The Bertz CT molecular complexity index is 995. The van der Waals surface area contributed by atoms with Gasteiger partial charge in [0.25, 0.3) is 11.7 Å². The van der Waals surface area contributed by atoms with Crippen LogP contribution in [-0.2, 0) is 9.59 Å². The molecule has 0 bridgehead atoms. The van der Waals surface area contributed by atoms with Crippen LogP contribution in [0.5, 0.6) is 11.5 Å². The number of rotatable bonds is 6. The average molecular weight is 411 g/mol. The van der Waals surface area contributed by atoms with Crippen LogP contribution in [0.25, 0.3) is 5.76 Å². The van der Waals surface area contributed by atoms with Gasteiger partial charge in [-0.1, -0.05) is 12.1 Å². The van der Waals surface area contributed by atoms with Crippen LogP contribution < -0.4 is 9.64 Å². The number of carbonyl (C=O) groups is 2. The third-order valence-corrected chi connectivity index (χ3v) is 5.29. The normalized spacial score (nSPS) is 18.3. The van der Waals surface area contributed by atoms with Crippen LogP contribution in [0.15, 0.2) is 48.0 Å². The molecule has 7 nitrogen and oxygen atoms in total. The number of Topliss-reactive ketones (excluding diaryl/α,β-unsaturated/α-hetero) is 1. The van der Waals surface area contributed by atoms with Gasteiger partial charge in [0.1, 0.15) is 17.3 Å². The number of nitrogens with one attached hydrogen (secondary N) is 1. The Balaban J connectivity index is 2.16. The van der Waals surface area contributed by atoms with E-state index >= 15 is 0 Å². The van der Waals surface area contributed by atoms with E-state index in [9.17, 15) is 19.8 Å². The first kappa shape index (κ1) is 21.4. The number of likely N-dealkylation sites (N-methyl/N-ethyl adjacent to an activating group) is 1. The zero-order valence-electron chi connectivity index (χ0n) is 17.6. The summed E-state index contributed by atoms with van der Waals surface area (Å²) >= 11 is 0. The lowest BCUT2D eigenvalue weighted by Crippen LogP contribution is -3.06. The van der Waals surface area contributed by atoms with Crippen molar-refractivity contribution < 1.29 is 29.4 Å². The monoisotopic (exact) mass is 411 g/mol. The number of carbonyl (C=O) groups excluding carboxylic acids is 2. The van der Waals surface area contributed by atoms with Crippen molar-refractivity contribution >= 4 is 17.4 Å². The highest BCUT2D eigenvalue weighted by molar-refractivity contribution is 6.46. The lowest BCUT2D eigenvalue weighted by Gasteiger charge is -2.25. The molecule has 0 aliphatic carbocycles. The largest absolute Gasteiger partial charge is 0.508 e. The molecule has 3 rings (SSSR count). The van der Waals surface area contributed by atoms with Crippen molar-refractivity contribution in [1.82, 2.24) is 4.90 Å². The Hall–Kier alpha value is -3.32. The van der Waals surface area contributed by atoms with E-state index in [1.54, 1.807) is 44.4 Å². The Morgan fingerprint density at radius 3 is 2.37 bits per heavy atom. The van der Waals surface area contributed by atoms with E-state index in [1.807, 2.05) is 14.1 Å². The summed E-state index contributed by atoms with van der Waals surface area (Å²) in [7, 11) is 5.48. The summed E-state index contributed by atoms with van der Waals surface area (Å²) in [6, 6.07) is 10.7. The van der Waals surface area contributed by atoms with Crippen LogP contribution in [0.2, 0.25) is 0 Å². The third-order valence-electron chi connectivity index (χ3n) is 5.29. The van der Waals surface area contributed by atoms with Gasteiger partial charge in [0.05, 0.1) is 45.9 Å². The van der Waals surface area contributed by atoms with Gasteiger partial charge >= 0.3 is 0 Å². The molecule has 0 spiro atoms. The summed E-state index contributed by atoms with van der Waals surface area (Å²) in [5.74, 6) is -0.851. The van der Waals surface area contributed by atoms with Crippen molar-refractivity contribution in [3.63, 3.8) is 0 Å². The van der Waals surface area contributed by atoms with E-state index in [0.29, 0.717) is 30.0 Å². The fourth-order valence-corrected chi connectivity index (χ4v) is 3.63. The van der Waals surface area contributed by atoms with Crippen LogP contribution in [0.4, 0.5) is 0 Å². The lowest BCUT2D eigenvalue weighted by molar-refractivity contribution is -0.857. The average Bonchev–Trinajstić information content (AvgIpc) is 2.96. The number of amides is 1. The molecule has 1 unspecified atom stereocenters. The Kier molecular flexibility index (Phi) is 6.12. The number of aliphatic hydroxyl groups is 1. The Morgan fingerprint density at radius 1 is 1.13 bits per heavy atom. The Labute approximate surface area is 175 Å². The van der Waals surface area contributed by atoms with Gasteiger partial charge in [0.2, 0.25) is 0 Å². The standard InChI is InChI=1S/C23H26N2O5/c1-14-13-17(30-4)9-10-18(14)21(27)19-20(15-5-7-16(26)8-6-15)25(12-11-24(2)3)23(29)22(19)28/h5-10,13,20,26-27H,11-12H2,1-4H3/p+1. The number of methoxy groups -OCH3 is 1. The number of phenols is 1. The minimum Gasteiger partial charge on any atom is -0.508 e. The number of likely N-dealkylation sites (tertiary alicyclic amines) is 1. The van der Waals surface area contributed by atoms with Crippen molar-refractivity contribution in [2.24, 2.45) is 0 Å². The quantitative estimate of drug-likeness (QED) is 0.378. The van der Waals surface area contributed by atoms with E-state index < -0.39 is 17.7 Å². The highest BCUT2D eigenvalue weighted by atomic mass is 16.5. The van der Waals surface area contributed by atoms with E-state index in [-0.39, 0.29) is 17.1 Å². The van der Waals surface area contributed by atoms with E-state index in [2.05, 4.69) is 0 Å². The molecule has 3 N–H and O–H groups in total. The van der Waals surface area contributed by atoms with E-state index in [0.717, 1.165) is 10.5 Å². The maximum Gasteiger partial charge on any atom is 0.295 e. The number of nitrogens with zero attached hydrogens (tertiary/aromatic N) is 1. The first-order valence-corrected chi connectivity index (χ1v) is 9.76. The minimum atomic E-state index is -0.730. The molecule has 2 aromatic rings. The zero-order valence-corrected chi connectivity index (χ0v) is 17.6. The summed E-state index contributed by atoms with van der Waals surface area (Å²) in [4.78, 5) is 28.4. The first-order valence-electron chi connectivity index (χ1n) is 9.76.